The second-order valence-electron chi connectivity index (χ2n) is 9.64. The van der Waals surface area contributed by atoms with Crippen molar-refractivity contribution in [1.82, 2.24) is 14.5 Å². The van der Waals surface area contributed by atoms with Crippen molar-refractivity contribution in [3.63, 3.8) is 0 Å². The third-order valence-electron chi connectivity index (χ3n) is 6.68. The summed E-state index contributed by atoms with van der Waals surface area (Å²) in [6.45, 7) is 1.45. The maximum atomic E-state index is 14.3. The van der Waals surface area contributed by atoms with Crippen molar-refractivity contribution in [2.24, 2.45) is 0 Å². The molecule has 5 rings (SSSR count). The van der Waals surface area contributed by atoms with Crippen LogP contribution < -0.4 is 4.31 Å². The number of Topliss-reactive ketones (excluding diaryl/α,β-unsaturated/α-hetero) is 2. The fraction of sp³-hybridized carbons (Fsp3) is 0.100. The average Bonchev–Trinajstić information content (AvgIpc) is 3.39. The van der Waals surface area contributed by atoms with Crippen molar-refractivity contribution in [3.05, 3.63) is 111 Å². The Morgan fingerprint density at radius 1 is 0.932 bits per heavy atom. The maximum absolute atomic E-state index is 14.3. The summed E-state index contributed by atoms with van der Waals surface area (Å²) in [6.07, 6.45) is 3.70. The van der Waals surface area contributed by atoms with E-state index in [1.165, 1.54) is 61.8 Å². The molecular weight excluding hydrogens is 695 g/mol. The van der Waals surface area contributed by atoms with Gasteiger partial charge in [-0.2, -0.15) is 0 Å². The van der Waals surface area contributed by atoms with Crippen molar-refractivity contribution < 1.29 is 27.9 Å². The summed E-state index contributed by atoms with van der Waals surface area (Å²) >= 11 is 15.5. The minimum atomic E-state index is -4.64. The lowest BCUT2D eigenvalue weighted by Gasteiger charge is -2.31. The molecule has 0 aliphatic heterocycles. The van der Waals surface area contributed by atoms with E-state index in [9.17, 15) is 27.9 Å². The normalized spacial score (nSPS) is 12.2. The zero-order valence-corrected chi connectivity index (χ0v) is 26.6. The second kappa shape index (κ2) is 12.5. The second-order valence-corrected chi connectivity index (χ2v) is 13.1. The molecule has 3 heterocycles. The number of carboxylic acid groups (broad SMARTS) is 1. The van der Waals surface area contributed by atoms with Crippen LogP contribution in [0, 0.1) is 0 Å². The van der Waals surface area contributed by atoms with Gasteiger partial charge in [-0.3, -0.25) is 18.7 Å². The molecule has 0 amide bonds. The van der Waals surface area contributed by atoms with Crippen LogP contribution in [-0.2, 0) is 14.8 Å². The van der Waals surface area contributed by atoms with Gasteiger partial charge in [-0.25, -0.2) is 18.4 Å². The summed E-state index contributed by atoms with van der Waals surface area (Å²) in [6, 6.07) is 14.3. The fourth-order valence-electron chi connectivity index (χ4n) is 4.71. The van der Waals surface area contributed by atoms with Crippen molar-refractivity contribution in [1.29, 1.82) is 0 Å². The Morgan fingerprint density at radius 2 is 1.61 bits per heavy atom. The Morgan fingerprint density at radius 3 is 2.27 bits per heavy atom. The number of aliphatic carboxylic acids is 1. The van der Waals surface area contributed by atoms with E-state index in [0.29, 0.717) is 26.9 Å². The predicted molar refractivity (Wildman–Crippen MR) is 170 cm³/mol. The van der Waals surface area contributed by atoms with Crippen LogP contribution in [0.1, 0.15) is 34.1 Å². The zero-order valence-electron chi connectivity index (χ0n) is 22.7. The lowest BCUT2D eigenvalue weighted by molar-refractivity contribution is -0.137. The maximum Gasteiger partial charge on any atom is 0.305 e. The summed E-state index contributed by atoms with van der Waals surface area (Å²) in [7, 11) is -4.64. The molecule has 3 aromatic heterocycles. The Hall–Kier alpha value is -4.10. The lowest BCUT2D eigenvalue weighted by Crippen LogP contribution is -2.46. The summed E-state index contributed by atoms with van der Waals surface area (Å²) in [5, 5.41) is 10.5. The van der Waals surface area contributed by atoms with Gasteiger partial charge in [-0.05, 0) is 89.6 Å². The molecular formula is C30H21BrCl2N4O6S. The number of carboxylic acids is 1. The molecule has 0 saturated heterocycles. The van der Waals surface area contributed by atoms with Crippen LogP contribution in [-0.4, -0.2) is 51.6 Å². The first-order valence-electron chi connectivity index (χ1n) is 12.8. The van der Waals surface area contributed by atoms with Crippen LogP contribution in [0.5, 0.6) is 0 Å². The fourth-order valence-corrected chi connectivity index (χ4v) is 7.40. The number of carbonyl (C=O) groups excluding carboxylic acids is 2. The molecule has 1 atom stereocenters. The average molecular weight is 716 g/mol. The van der Waals surface area contributed by atoms with Crippen molar-refractivity contribution in [2.75, 3.05) is 4.31 Å². The summed E-state index contributed by atoms with van der Waals surface area (Å²) < 4.78 is 31.4. The third-order valence-corrected chi connectivity index (χ3v) is 9.37. The molecule has 0 saturated carbocycles. The minimum Gasteiger partial charge on any atom is -0.481 e. The van der Waals surface area contributed by atoms with Crippen molar-refractivity contribution in [2.45, 2.75) is 24.3 Å². The monoisotopic (exact) mass is 714 g/mol. The van der Waals surface area contributed by atoms with Gasteiger partial charge in [-0.15, -0.1) is 0 Å². The molecule has 10 nitrogen and oxygen atoms in total. The molecule has 1 unspecified atom stereocenters. The van der Waals surface area contributed by atoms with Crippen LogP contribution in [0.4, 0.5) is 5.69 Å². The number of ketones is 2. The van der Waals surface area contributed by atoms with Gasteiger partial charge in [0.25, 0.3) is 10.0 Å². The largest absolute Gasteiger partial charge is 0.481 e. The number of aromatic nitrogens is 3. The number of fused-ring (bicyclic) bond motifs is 1. The molecule has 44 heavy (non-hydrogen) atoms. The van der Waals surface area contributed by atoms with E-state index < -0.39 is 34.2 Å². The predicted octanol–water partition coefficient (Wildman–Crippen LogP) is 6.61. The molecule has 0 spiro atoms. The van der Waals surface area contributed by atoms with Gasteiger partial charge in [-0.1, -0.05) is 23.2 Å². The molecule has 224 valence electrons. The first kappa shape index (κ1) is 31.3. The van der Waals surface area contributed by atoms with Gasteiger partial charge in [0.05, 0.1) is 22.5 Å². The van der Waals surface area contributed by atoms with E-state index >= 15 is 0 Å². The number of nitrogens with zero attached hydrogens (tertiary/aromatic N) is 4. The number of pyridine rings is 2. The van der Waals surface area contributed by atoms with Gasteiger partial charge < -0.3 is 9.67 Å². The third kappa shape index (κ3) is 6.39. The van der Waals surface area contributed by atoms with Gasteiger partial charge in [0.15, 0.2) is 11.6 Å². The number of hydrogen-bond donors (Lipinski definition) is 1. The standard InChI is InChI=1S/C30H21BrCl2N4O6S/c1-17(38)18-4-8-35-28(12-18)36-9-6-19-10-23(2-3-25(19)36)37(44(42,43)24-14-21(32)13-22(33)15-24)26(16-29(39)40)30(41)20-5-7-34-27(31)11-20/h2-15,26H,16H2,1H3,(H,39,40). The zero-order chi connectivity index (χ0) is 31.8. The van der Waals surface area contributed by atoms with E-state index in [2.05, 4.69) is 25.9 Å². The first-order chi connectivity index (χ1) is 20.8. The van der Waals surface area contributed by atoms with Crippen LogP contribution in [0.2, 0.25) is 10.0 Å². The van der Waals surface area contributed by atoms with Crippen LogP contribution >= 0.6 is 39.1 Å². The molecule has 0 aliphatic carbocycles. The number of halogens is 3. The van der Waals surface area contributed by atoms with E-state index in [1.807, 2.05) is 0 Å². The highest BCUT2D eigenvalue weighted by Gasteiger charge is 2.38. The highest BCUT2D eigenvalue weighted by molar-refractivity contribution is 9.10. The molecule has 2 aromatic carbocycles. The SMILES string of the molecule is CC(=O)c1ccnc(-n2ccc3cc(N(C(CC(=O)O)C(=O)c4ccnc(Br)c4)S(=O)(=O)c4cc(Cl)cc(Cl)c4)ccc32)c1. The summed E-state index contributed by atoms with van der Waals surface area (Å²) in [4.78, 5) is 45.9. The van der Waals surface area contributed by atoms with E-state index in [4.69, 9.17) is 23.2 Å². The smallest absolute Gasteiger partial charge is 0.305 e. The van der Waals surface area contributed by atoms with Crippen LogP contribution in [0.25, 0.3) is 16.7 Å². The van der Waals surface area contributed by atoms with Gasteiger partial charge in [0, 0.05) is 45.1 Å². The first-order valence-corrected chi connectivity index (χ1v) is 15.8. The molecule has 0 bridgehead atoms. The summed E-state index contributed by atoms with van der Waals surface area (Å²) in [5.41, 5.74) is 1.14. The van der Waals surface area contributed by atoms with E-state index in [0.717, 1.165) is 4.31 Å². The van der Waals surface area contributed by atoms with Gasteiger partial charge >= 0.3 is 5.97 Å². The highest BCUT2D eigenvalue weighted by atomic mass is 79.9. The van der Waals surface area contributed by atoms with Crippen molar-refractivity contribution in [3.8, 4) is 5.82 Å². The van der Waals surface area contributed by atoms with E-state index in [-0.39, 0.29) is 32.0 Å². The van der Waals surface area contributed by atoms with Gasteiger partial charge in [0.2, 0.25) is 0 Å². The number of hydrogen-bond acceptors (Lipinski definition) is 7. The number of carbonyl (C=O) groups is 3. The molecule has 14 heteroatoms. The highest BCUT2D eigenvalue weighted by Crippen LogP contribution is 2.34. The number of rotatable bonds is 10. The molecule has 0 fully saturated rings. The molecule has 0 radical (unpaired) electrons. The van der Waals surface area contributed by atoms with Crippen LogP contribution in [0.15, 0.2) is 94.8 Å². The molecule has 5 aromatic rings. The molecule has 1 N–H and O–H groups in total. The van der Waals surface area contributed by atoms with Gasteiger partial charge in [0.1, 0.15) is 16.5 Å². The Labute approximate surface area is 270 Å². The quantitative estimate of drug-likeness (QED) is 0.126. The number of anilines is 1. The Bertz CT molecular complexity index is 2050. The lowest BCUT2D eigenvalue weighted by atomic mass is 10.0. The number of benzene rings is 2. The summed E-state index contributed by atoms with van der Waals surface area (Å²) in [5.74, 6) is -1.84. The number of sulfonamides is 1. The van der Waals surface area contributed by atoms with E-state index in [1.54, 1.807) is 35.0 Å². The minimum absolute atomic E-state index is 0.0181. The topological polar surface area (TPSA) is 140 Å². The molecule has 0 aliphatic rings. The van der Waals surface area contributed by atoms with Crippen LogP contribution in [0.3, 0.4) is 0 Å². The van der Waals surface area contributed by atoms with Crippen molar-refractivity contribution >= 4 is 83.3 Å². The Balaban J connectivity index is 1.71. The Kier molecular flexibility index (Phi) is 8.89.